The third kappa shape index (κ3) is 4.55. The Kier molecular flexibility index (Phi) is 5.43. The average Bonchev–Trinajstić information content (AvgIpc) is 2.61. The van der Waals surface area contributed by atoms with Crippen LogP contribution < -0.4 is 10.9 Å². The van der Waals surface area contributed by atoms with Gasteiger partial charge in [0.15, 0.2) is 0 Å². The van der Waals surface area contributed by atoms with Gasteiger partial charge in [0.1, 0.15) is 0 Å². The number of hydrogen-bond acceptors (Lipinski definition) is 3. The van der Waals surface area contributed by atoms with Gasteiger partial charge in [0.05, 0.1) is 5.56 Å². The molecule has 1 aliphatic rings. The van der Waals surface area contributed by atoms with E-state index in [0.717, 1.165) is 32.5 Å². The molecule has 3 rings (SSSR count). The van der Waals surface area contributed by atoms with Crippen molar-refractivity contribution in [2.75, 3.05) is 19.6 Å². The van der Waals surface area contributed by atoms with Gasteiger partial charge in [0, 0.05) is 31.9 Å². The normalized spacial score (nSPS) is 18.2. The van der Waals surface area contributed by atoms with Gasteiger partial charge in [0.2, 0.25) is 5.56 Å². The number of aromatic amines is 1. The lowest BCUT2D eigenvalue weighted by Crippen LogP contribution is -2.40. The van der Waals surface area contributed by atoms with Gasteiger partial charge in [-0.1, -0.05) is 30.3 Å². The first-order chi connectivity index (χ1) is 11.7. The quantitative estimate of drug-likeness (QED) is 0.884. The van der Waals surface area contributed by atoms with Crippen LogP contribution in [0.25, 0.3) is 0 Å². The van der Waals surface area contributed by atoms with E-state index in [4.69, 9.17) is 0 Å². The minimum absolute atomic E-state index is 0.133. The van der Waals surface area contributed by atoms with Gasteiger partial charge in [-0.3, -0.25) is 14.5 Å². The zero-order valence-corrected chi connectivity index (χ0v) is 13.7. The second-order valence-corrected chi connectivity index (χ2v) is 6.38. The van der Waals surface area contributed by atoms with E-state index >= 15 is 0 Å². The Balaban J connectivity index is 1.49. The van der Waals surface area contributed by atoms with E-state index in [0.29, 0.717) is 18.0 Å². The van der Waals surface area contributed by atoms with Crippen molar-refractivity contribution in [1.82, 2.24) is 15.2 Å². The summed E-state index contributed by atoms with van der Waals surface area (Å²) in [6, 6.07) is 13.4. The van der Waals surface area contributed by atoms with E-state index in [-0.39, 0.29) is 11.5 Å². The number of piperidine rings is 1. The molecule has 5 nitrogen and oxygen atoms in total. The monoisotopic (exact) mass is 325 g/mol. The molecule has 5 heteroatoms. The van der Waals surface area contributed by atoms with Gasteiger partial charge >= 0.3 is 0 Å². The summed E-state index contributed by atoms with van der Waals surface area (Å²) >= 11 is 0. The fraction of sp³-hybridized carbons (Fsp3) is 0.368. The number of H-pyrrole nitrogens is 1. The van der Waals surface area contributed by atoms with Crippen molar-refractivity contribution in [3.05, 3.63) is 70.1 Å². The highest BCUT2D eigenvalue weighted by Gasteiger charge is 2.20. The number of hydrogen-bond donors (Lipinski definition) is 2. The molecule has 0 saturated carbocycles. The number of carbonyl (C=O) groups is 1. The second kappa shape index (κ2) is 7.93. The molecule has 1 amide bonds. The molecule has 2 heterocycles. The molecule has 126 valence electrons. The van der Waals surface area contributed by atoms with Crippen LogP contribution in [0.15, 0.2) is 53.5 Å². The standard InChI is InChI=1S/C19H23N3O2/c23-18-9-8-17(12-20-18)19(24)21-11-16-7-4-10-22(14-16)13-15-5-2-1-3-6-15/h1-3,5-6,8-9,12,16H,4,7,10-11,13-14H2,(H,20,23)(H,21,24)/t16-/m0/s1. The topological polar surface area (TPSA) is 65.2 Å². The molecule has 1 aromatic carbocycles. The van der Waals surface area contributed by atoms with Crippen LogP contribution in [0.4, 0.5) is 0 Å². The van der Waals surface area contributed by atoms with E-state index in [9.17, 15) is 9.59 Å². The molecule has 1 aromatic heterocycles. The SMILES string of the molecule is O=C(NC[C@@H]1CCCN(Cc2ccccc2)C1)c1ccc(=O)[nH]c1. The molecule has 1 atom stereocenters. The lowest BCUT2D eigenvalue weighted by molar-refractivity contribution is 0.0930. The molecular weight excluding hydrogens is 302 g/mol. The molecule has 0 spiro atoms. The van der Waals surface area contributed by atoms with Crippen LogP contribution in [0.5, 0.6) is 0 Å². The van der Waals surface area contributed by atoms with Crippen LogP contribution in [0.3, 0.4) is 0 Å². The number of benzene rings is 1. The zero-order chi connectivity index (χ0) is 16.8. The number of rotatable bonds is 5. The number of nitrogens with one attached hydrogen (secondary N) is 2. The Labute approximate surface area is 141 Å². The van der Waals surface area contributed by atoms with Gasteiger partial charge in [-0.05, 0) is 36.9 Å². The van der Waals surface area contributed by atoms with E-state index in [1.165, 1.54) is 17.8 Å². The highest BCUT2D eigenvalue weighted by atomic mass is 16.1. The predicted octanol–water partition coefficient (Wildman–Crippen LogP) is 2.02. The predicted molar refractivity (Wildman–Crippen MR) is 93.8 cm³/mol. The Bertz CT molecular complexity index is 706. The van der Waals surface area contributed by atoms with E-state index in [1.54, 1.807) is 6.07 Å². The highest BCUT2D eigenvalue weighted by Crippen LogP contribution is 2.18. The average molecular weight is 325 g/mol. The Morgan fingerprint density at radius 1 is 1.21 bits per heavy atom. The largest absolute Gasteiger partial charge is 0.352 e. The molecular formula is C19H23N3O2. The lowest BCUT2D eigenvalue weighted by atomic mass is 9.97. The van der Waals surface area contributed by atoms with Crippen molar-refractivity contribution in [1.29, 1.82) is 0 Å². The number of aromatic nitrogens is 1. The number of nitrogens with zero attached hydrogens (tertiary/aromatic N) is 1. The molecule has 1 saturated heterocycles. The Morgan fingerprint density at radius 3 is 2.79 bits per heavy atom. The first kappa shape index (κ1) is 16.5. The summed E-state index contributed by atoms with van der Waals surface area (Å²) in [5.41, 5.74) is 1.62. The maximum Gasteiger partial charge on any atom is 0.252 e. The number of pyridine rings is 1. The summed E-state index contributed by atoms with van der Waals surface area (Å²) in [5, 5.41) is 2.98. The zero-order valence-electron chi connectivity index (χ0n) is 13.7. The fourth-order valence-corrected chi connectivity index (χ4v) is 3.19. The molecule has 0 unspecified atom stereocenters. The van der Waals surface area contributed by atoms with Gasteiger partial charge in [0.25, 0.3) is 5.91 Å². The summed E-state index contributed by atoms with van der Waals surface area (Å²) in [7, 11) is 0. The van der Waals surface area contributed by atoms with Crippen molar-refractivity contribution in [2.45, 2.75) is 19.4 Å². The number of carbonyl (C=O) groups excluding carboxylic acids is 1. The summed E-state index contributed by atoms with van der Waals surface area (Å²) < 4.78 is 0. The molecule has 0 bridgehead atoms. The van der Waals surface area contributed by atoms with Crippen molar-refractivity contribution >= 4 is 5.91 Å². The Morgan fingerprint density at radius 2 is 2.04 bits per heavy atom. The Hall–Kier alpha value is -2.40. The van der Waals surface area contributed by atoms with Crippen LogP contribution >= 0.6 is 0 Å². The van der Waals surface area contributed by atoms with Crippen LogP contribution in [-0.4, -0.2) is 35.4 Å². The summed E-state index contributed by atoms with van der Waals surface area (Å²) in [4.78, 5) is 28.1. The third-order valence-corrected chi connectivity index (χ3v) is 4.45. The number of likely N-dealkylation sites (tertiary alicyclic amines) is 1. The molecule has 0 radical (unpaired) electrons. The van der Waals surface area contributed by atoms with Crippen molar-refractivity contribution in [2.24, 2.45) is 5.92 Å². The van der Waals surface area contributed by atoms with Gasteiger partial charge < -0.3 is 10.3 Å². The minimum atomic E-state index is -0.199. The smallest absolute Gasteiger partial charge is 0.252 e. The molecule has 0 aliphatic carbocycles. The van der Waals surface area contributed by atoms with Crippen LogP contribution in [0.1, 0.15) is 28.8 Å². The first-order valence-corrected chi connectivity index (χ1v) is 8.44. The van der Waals surface area contributed by atoms with E-state index in [2.05, 4.69) is 39.5 Å². The molecule has 24 heavy (non-hydrogen) atoms. The molecule has 2 aromatic rings. The fourth-order valence-electron chi connectivity index (χ4n) is 3.19. The van der Waals surface area contributed by atoms with Crippen molar-refractivity contribution in [3.63, 3.8) is 0 Å². The molecule has 2 N–H and O–H groups in total. The maximum absolute atomic E-state index is 12.1. The van der Waals surface area contributed by atoms with Gasteiger partial charge in [-0.15, -0.1) is 0 Å². The summed E-state index contributed by atoms with van der Waals surface area (Å²) in [6.07, 6.45) is 3.75. The maximum atomic E-state index is 12.1. The van der Waals surface area contributed by atoms with E-state index in [1.807, 2.05) is 6.07 Å². The van der Waals surface area contributed by atoms with Crippen LogP contribution in [-0.2, 0) is 6.54 Å². The third-order valence-electron chi connectivity index (χ3n) is 4.45. The summed E-state index contributed by atoms with van der Waals surface area (Å²) in [5.74, 6) is 0.334. The van der Waals surface area contributed by atoms with Crippen molar-refractivity contribution in [3.8, 4) is 0 Å². The van der Waals surface area contributed by atoms with Crippen LogP contribution in [0.2, 0.25) is 0 Å². The van der Waals surface area contributed by atoms with Gasteiger partial charge in [-0.2, -0.15) is 0 Å². The van der Waals surface area contributed by atoms with Crippen LogP contribution in [0, 0.1) is 5.92 Å². The highest BCUT2D eigenvalue weighted by molar-refractivity contribution is 5.93. The van der Waals surface area contributed by atoms with E-state index < -0.39 is 0 Å². The summed E-state index contributed by atoms with van der Waals surface area (Å²) in [6.45, 7) is 3.74. The minimum Gasteiger partial charge on any atom is -0.352 e. The van der Waals surface area contributed by atoms with Crippen molar-refractivity contribution < 1.29 is 4.79 Å². The number of amides is 1. The first-order valence-electron chi connectivity index (χ1n) is 8.44. The second-order valence-electron chi connectivity index (χ2n) is 6.38. The lowest BCUT2D eigenvalue weighted by Gasteiger charge is -2.32. The molecule has 1 fully saturated rings. The molecule has 1 aliphatic heterocycles. The van der Waals surface area contributed by atoms with Gasteiger partial charge in [-0.25, -0.2) is 0 Å².